The third kappa shape index (κ3) is 3.40. The van der Waals surface area contributed by atoms with Crippen LogP contribution >= 0.6 is 0 Å². The van der Waals surface area contributed by atoms with Gasteiger partial charge in [-0.25, -0.2) is 4.79 Å². The first-order chi connectivity index (χ1) is 9.47. The molecule has 1 heterocycles. The normalized spacial score (nSPS) is 26.4. The maximum Gasteiger partial charge on any atom is 0.404 e. The first kappa shape index (κ1) is 14.6. The van der Waals surface area contributed by atoms with Crippen molar-refractivity contribution in [3.63, 3.8) is 0 Å². The highest BCUT2D eigenvalue weighted by Gasteiger charge is 2.32. The summed E-state index contributed by atoms with van der Waals surface area (Å²) in [5.74, 6) is 1.35. The van der Waals surface area contributed by atoms with Crippen LogP contribution in [-0.2, 0) is 0 Å². The molecule has 3 atom stereocenters. The summed E-state index contributed by atoms with van der Waals surface area (Å²) in [6.07, 6.45) is 5.26. The Hall–Kier alpha value is -1.78. The zero-order chi connectivity index (χ0) is 14.7. The van der Waals surface area contributed by atoms with E-state index in [4.69, 9.17) is 10.8 Å². The maximum absolute atomic E-state index is 10.9. The van der Waals surface area contributed by atoms with Gasteiger partial charge in [0, 0.05) is 12.2 Å². The molecule has 0 spiro atoms. The standard InChI is InChI=1S/C15H23N3O2/c1-9(2)10-5-11(7-12(6-10)18-15(19)20)13-3-4-17-8-14(13)16/h3-4,8-12,18H,5-7,16H2,1-2H3,(H,19,20)/t10-,11+,12-/m1/s1. The molecule has 0 aromatic carbocycles. The van der Waals surface area contributed by atoms with Gasteiger partial charge in [0.1, 0.15) is 0 Å². The van der Waals surface area contributed by atoms with E-state index in [1.165, 1.54) is 0 Å². The van der Waals surface area contributed by atoms with Gasteiger partial charge in [-0.05, 0) is 48.6 Å². The van der Waals surface area contributed by atoms with Crippen LogP contribution in [0.25, 0.3) is 0 Å². The third-order valence-corrected chi connectivity index (χ3v) is 4.34. The quantitative estimate of drug-likeness (QED) is 0.792. The zero-order valence-corrected chi connectivity index (χ0v) is 12.0. The average molecular weight is 277 g/mol. The lowest BCUT2D eigenvalue weighted by atomic mass is 9.71. The van der Waals surface area contributed by atoms with Gasteiger partial charge in [-0.1, -0.05) is 13.8 Å². The third-order valence-electron chi connectivity index (χ3n) is 4.34. The van der Waals surface area contributed by atoms with Crippen LogP contribution < -0.4 is 11.1 Å². The van der Waals surface area contributed by atoms with Crippen molar-refractivity contribution >= 4 is 11.8 Å². The van der Waals surface area contributed by atoms with Crippen molar-refractivity contribution in [3.8, 4) is 0 Å². The molecule has 0 saturated heterocycles. The Balaban J connectivity index is 2.19. The fourth-order valence-electron chi connectivity index (χ4n) is 3.24. The van der Waals surface area contributed by atoms with E-state index in [9.17, 15) is 4.79 Å². The van der Waals surface area contributed by atoms with Gasteiger partial charge in [-0.2, -0.15) is 0 Å². The summed E-state index contributed by atoms with van der Waals surface area (Å²) >= 11 is 0. The predicted molar refractivity (Wildman–Crippen MR) is 78.5 cm³/mol. The van der Waals surface area contributed by atoms with E-state index >= 15 is 0 Å². The molecule has 0 unspecified atom stereocenters. The Labute approximate surface area is 119 Å². The molecule has 1 aliphatic rings. The smallest absolute Gasteiger partial charge is 0.404 e. The second-order valence-electron chi connectivity index (χ2n) is 6.06. The Kier molecular flexibility index (Phi) is 4.47. The summed E-state index contributed by atoms with van der Waals surface area (Å²) < 4.78 is 0. The van der Waals surface area contributed by atoms with Gasteiger partial charge in [-0.3, -0.25) is 4.98 Å². The average Bonchev–Trinajstić information content (AvgIpc) is 2.38. The van der Waals surface area contributed by atoms with Crippen LogP contribution in [0, 0.1) is 11.8 Å². The summed E-state index contributed by atoms with van der Waals surface area (Å²) in [5.41, 5.74) is 7.82. The Morgan fingerprint density at radius 2 is 2.20 bits per heavy atom. The van der Waals surface area contributed by atoms with E-state index in [0.717, 1.165) is 24.8 Å². The number of hydrogen-bond acceptors (Lipinski definition) is 3. The number of nitrogens with two attached hydrogens (primary N) is 1. The lowest BCUT2D eigenvalue weighted by Crippen LogP contribution is -2.40. The molecule has 2 rings (SSSR count). The molecule has 0 aliphatic heterocycles. The van der Waals surface area contributed by atoms with Gasteiger partial charge in [0.25, 0.3) is 0 Å². The number of carboxylic acid groups (broad SMARTS) is 1. The van der Waals surface area contributed by atoms with Crippen LogP contribution in [0.5, 0.6) is 0 Å². The van der Waals surface area contributed by atoms with Gasteiger partial charge in [0.2, 0.25) is 0 Å². The molecule has 5 heteroatoms. The number of pyridine rings is 1. The number of rotatable bonds is 3. The van der Waals surface area contributed by atoms with Crippen molar-refractivity contribution in [2.75, 3.05) is 5.73 Å². The molecule has 110 valence electrons. The van der Waals surface area contributed by atoms with E-state index in [-0.39, 0.29) is 6.04 Å². The zero-order valence-electron chi connectivity index (χ0n) is 12.0. The Morgan fingerprint density at radius 1 is 1.45 bits per heavy atom. The molecule has 1 fully saturated rings. The van der Waals surface area contributed by atoms with Crippen LogP contribution in [0.2, 0.25) is 0 Å². The SMILES string of the molecule is CC(C)[C@H]1C[C@@H](NC(=O)O)C[C@@H](c2ccncc2N)C1. The van der Waals surface area contributed by atoms with Crippen molar-refractivity contribution in [1.29, 1.82) is 0 Å². The number of anilines is 1. The van der Waals surface area contributed by atoms with E-state index in [1.54, 1.807) is 12.4 Å². The van der Waals surface area contributed by atoms with Gasteiger partial charge in [-0.15, -0.1) is 0 Å². The Bertz CT molecular complexity index is 476. The number of aromatic nitrogens is 1. The minimum Gasteiger partial charge on any atom is -0.465 e. The monoisotopic (exact) mass is 277 g/mol. The van der Waals surface area contributed by atoms with Crippen LogP contribution in [0.3, 0.4) is 0 Å². The van der Waals surface area contributed by atoms with E-state index in [2.05, 4.69) is 24.1 Å². The number of amides is 1. The summed E-state index contributed by atoms with van der Waals surface area (Å²) in [6.45, 7) is 4.39. The van der Waals surface area contributed by atoms with E-state index in [1.807, 2.05) is 6.07 Å². The highest BCUT2D eigenvalue weighted by atomic mass is 16.4. The number of nitrogens with one attached hydrogen (secondary N) is 1. The molecule has 1 aromatic rings. The van der Waals surface area contributed by atoms with Crippen molar-refractivity contribution in [3.05, 3.63) is 24.0 Å². The maximum atomic E-state index is 10.9. The van der Waals surface area contributed by atoms with Gasteiger partial charge < -0.3 is 16.2 Å². The number of nitrogen functional groups attached to an aromatic ring is 1. The molecule has 0 radical (unpaired) electrons. The topological polar surface area (TPSA) is 88.2 Å². The molecule has 0 bridgehead atoms. The molecular weight excluding hydrogens is 254 g/mol. The first-order valence-corrected chi connectivity index (χ1v) is 7.16. The first-order valence-electron chi connectivity index (χ1n) is 7.16. The van der Waals surface area contributed by atoms with Crippen molar-refractivity contribution in [1.82, 2.24) is 10.3 Å². The lowest BCUT2D eigenvalue weighted by molar-refractivity contribution is 0.169. The summed E-state index contributed by atoms with van der Waals surface area (Å²) in [4.78, 5) is 14.9. The summed E-state index contributed by atoms with van der Waals surface area (Å²) in [6, 6.07) is 1.96. The van der Waals surface area contributed by atoms with Crippen molar-refractivity contribution < 1.29 is 9.90 Å². The lowest BCUT2D eigenvalue weighted by Gasteiger charge is -2.37. The molecule has 1 aromatic heterocycles. The number of carbonyl (C=O) groups is 1. The second kappa shape index (κ2) is 6.11. The largest absolute Gasteiger partial charge is 0.465 e. The fourth-order valence-corrected chi connectivity index (χ4v) is 3.24. The minimum absolute atomic E-state index is 0.00575. The summed E-state index contributed by atoms with van der Waals surface area (Å²) in [7, 11) is 0. The highest BCUT2D eigenvalue weighted by Crippen LogP contribution is 2.40. The van der Waals surface area contributed by atoms with Crippen LogP contribution in [0.1, 0.15) is 44.6 Å². The molecule has 20 heavy (non-hydrogen) atoms. The molecule has 5 nitrogen and oxygen atoms in total. The fraction of sp³-hybridized carbons (Fsp3) is 0.600. The Morgan fingerprint density at radius 3 is 2.80 bits per heavy atom. The molecule has 1 aliphatic carbocycles. The van der Waals surface area contributed by atoms with Gasteiger partial charge in [0.05, 0.1) is 11.9 Å². The molecular formula is C15H23N3O2. The van der Waals surface area contributed by atoms with Crippen LogP contribution in [0.4, 0.5) is 10.5 Å². The second-order valence-corrected chi connectivity index (χ2v) is 6.06. The van der Waals surface area contributed by atoms with E-state index < -0.39 is 6.09 Å². The van der Waals surface area contributed by atoms with Gasteiger partial charge in [0.15, 0.2) is 0 Å². The van der Waals surface area contributed by atoms with E-state index in [0.29, 0.717) is 23.4 Å². The molecule has 4 N–H and O–H groups in total. The highest BCUT2D eigenvalue weighted by molar-refractivity contribution is 5.64. The number of hydrogen-bond donors (Lipinski definition) is 3. The van der Waals surface area contributed by atoms with Crippen LogP contribution in [-0.4, -0.2) is 22.2 Å². The van der Waals surface area contributed by atoms with Crippen molar-refractivity contribution in [2.45, 2.75) is 45.1 Å². The van der Waals surface area contributed by atoms with Crippen LogP contribution in [0.15, 0.2) is 18.5 Å². The molecule has 1 amide bonds. The minimum atomic E-state index is -0.944. The van der Waals surface area contributed by atoms with Crippen molar-refractivity contribution in [2.24, 2.45) is 11.8 Å². The summed E-state index contributed by atoms with van der Waals surface area (Å²) in [5, 5.41) is 11.6. The van der Waals surface area contributed by atoms with Gasteiger partial charge >= 0.3 is 6.09 Å². The predicted octanol–water partition coefficient (Wildman–Crippen LogP) is 2.84. The molecule has 1 saturated carbocycles. The number of nitrogens with zero attached hydrogens (tertiary/aromatic N) is 1.